The molecule has 0 fully saturated rings. The van der Waals surface area contributed by atoms with Crippen LogP contribution in [-0.4, -0.2) is 73.0 Å². The molecule has 4 heterocycles. The van der Waals surface area contributed by atoms with Crippen molar-refractivity contribution >= 4 is 58.1 Å². The van der Waals surface area contributed by atoms with Crippen molar-refractivity contribution in [2.24, 2.45) is 14.1 Å². The Balaban J connectivity index is 2.12. The number of nitrogens with zero attached hydrogens (tertiary/aromatic N) is 4. The van der Waals surface area contributed by atoms with Crippen LogP contribution in [0.5, 0.6) is 0 Å². The molecule has 4 aromatic heterocycles. The molecule has 18 nitrogen and oxygen atoms in total. The lowest BCUT2D eigenvalue weighted by Crippen LogP contribution is -2.29. The van der Waals surface area contributed by atoms with Gasteiger partial charge < -0.3 is 20.4 Å². The summed E-state index contributed by atoms with van der Waals surface area (Å²) < 4.78 is 3.24. The van der Waals surface area contributed by atoms with Crippen molar-refractivity contribution in [3.05, 3.63) is 69.4 Å². The number of carboxylic acids is 4. The lowest BCUT2D eigenvalue weighted by Gasteiger charge is -2.11. The van der Waals surface area contributed by atoms with Crippen molar-refractivity contribution < 1.29 is 39.6 Å². The molecule has 0 bridgehead atoms. The molecule has 0 spiro atoms. The molecule has 224 valence electrons. The van der Waals surface area contributed by atoms with Gasteiger partial charge in [0, 0.05) is 14.1 Å². The van der Waals surface area contributed by atoms with E-state index in [4.69, 9.17) is 0 Å². The number of aromatic nitrogens is 6. The van der Waals surface area contributed by atoms with Gasteiger partial charge in [0.25, 0.3) is 22.2 Å². The number of aryl methyl sites for hydroxylation is 2. The van der Waals surface area contributed by atoms with Gasteiger partial charge in [-0.1, -0.05) is 0 Å². The van der Waals surface area contributed by atoms with Crippen LogP contribution in [0.15, 0.2) is 24.9 Å². The number of nitrogens with one attached hydrogen (secondary N) is 2. The highest BCUT2D eigenvalue weighted by Gasteiger charge is 2.25. The van der Waals surface area contributed by atoms with E-state index in [2.05, 4.69) is 15.9 Å². The third-order valence-corrected chi connectivity index (χ3v) is 6.50. The van der Waals surface area contributed by atoms with Gasteiger partial charge in [-0.3, -0.25) is 67.1 Å². The Hall–Kier alpha value is -6.16. The normalized spacial score (nSPS) is 11.0. The van der Waals surface area contributed by atoms with Gasteiger partial charge >= 0.3 is 23.9 Å². The number of aliphatic carboxylic acids is 4. The average molecular weight is 598 g/mol. The van der Waals surface area contributed by atoms with Gasteiger partial charge in [-0.15, -0.1) is 5.73 Å². The summed E-state index contributed by atoms with van der Waals surface area (Å²) in [6, 6.07) is 0. The predicted molar refractivity (Wildman–Crippen MR) is 146 cm³/mol. The molecule has 0 radical (unpaired) electrons. The SMILES string of the molecule is Cn1[nH]c2c(c(CC(=O)O)c(C=C=Cc3c(CC(=O)O)c4c(=O)n(C)[nH]c4n(CC(=O)O)c3=O)c(=O)n2CC(=O)O)c1=O. The maximum Gasteiger partial charge on any atom is 0.323 e. The first-order valence-corrected chi connectivity index (χ1v) is 12.1. The van der Waals surface area contributed by atoms with E-state index in [1.165, 1.54) is 14.1 Å². The van der Waals surface area contributed by atoms with Crippen molar-refractivity contribution in [3.63, 3.8) is 0 Å². The third-order valence-electron chi connectivity index (χ3n) is 6.50. The fourth-order valence-electron chi connectivity index (χ4n) is 4.77. The number of carbonyl (C=O) groups is 4. The Labute approximate surface area is 236 Å². The number of aromatic amines is 2. The van der Waals surface area contributed by atoms with Crippen molar-refractivity contribution in [2.45, 2.75) is 25.9 Å². The summed E-state index contributed by atoms with van der Waals surface area (Å²) in [5, 5.41) is 42.2. The summed E-state index contributed by atoms with van der Waals surface area (Å²) in [7, 11) is 2.54. The zero-order valence-corrected chi connectivity index (χ0v) is 22.3. The zero-order chi connectivity index (χ0) is 31.9. The molecule has 0 aliphatic rings. The Kier molecular flexibility index (Phi) is 7.64. The number of carboxylic acid groups (broad SMARTS) is 4. The molecule has 0 aliphatic carbocycles. The maximum atomic E-state index is 13.4. The van der Waals surface area contributed by atoms with Crippen LogP contribution in [0.2, 0.25) is 0 Å². The molecule has 0 amide bonds. The van der Waals surface area contributed by atoms with E-state index < -0.39 is 83.2 Å². The van der Waals surface area contributed by atoms with Crippen LogP contribution in [-0.2, 0) is 59.2 Å². The van der Waals surface area contributed by atoms with E-state index in [0.29, 0.717) is 9.13 Å². The quantitative estimate of drug-likeness (QED) is 0.109. The highest BCUT2D eigenvalue weighted by Crippen LogP contribution is 2.20. The largest absolute Gasteiger partial charge is 0.481 e. The summed E-state index contributed by atoms with van der Waals surface area (Å²) in [6.07, 6.45) is 0.0775. The molecule has 0 saturated heterocycles. The number of fused-ring (bicyclic) bond motifs is 2. The number of hydrogen-bond donors (Lipinski definition) is 6. The smallest absolute Gasteiger partial charge is 0.323 e. The van der Waals surface area contributed by atoms with Gasteiger partial charge in [0.15, 0.2) is 0 Å². The van der Waals surface area contributed by atoms with E-state index >= 15 is 0 Å². The first kappa shape index (κ1) is 29.8. The van der Waals surface area contributed by atoms with Crippen molar-refractivity contribution in [3.8, 4) is 0 Å². The highest BCUT2D eigenvalue weighted by molar-refractivity contribution is 5.89. The Bertz CT molecular complexity index is 2040. The summed E-state index contributed by atoms with van der Waals surface area (Å²) in [6.45, 7) is -1.83. The molecule has 0 atom stereocenters. The van der Waals surface area contributed by atoms with Crippen LogP contribution in [0.25, 0.3) is 34.2 Å². The second kappa shape index (κ2) is 11.0. The molecule has 0 unspecified atom stereocenters. The van der Waals surface area contributed by atoms with E-state index in [9.17, 15) is 58.8 Å². The molecule has 6 N–H and O–H groups in total. The summed E-state index contributed by atoms with van der Waals surface area (Å²) in [4.78, 5) is 98.9. The molecular formula is C25H22N6O12. The topological polar surface area (TPSA) is 269 Å². The minimum absolute atomic E-state index is 0.244. The van der Waals surface area contributed by atoms with Gasteiger partial charge in [-0.2, -0.15) is 0 Å². The lowest BCUT2D eigenvalue weighted by atomic mass is 10.0. The van der Waals surface area contributed by atoms with E-state index in [1.807, 2.05) is 0 Å². The van der Waals surface area contributed by atoms with Gasteiger partial charge in [-0.25, -0.2) is 0 Å². The number of H-pyrrole nitrogens is 2. The predicted octanol–water partition coefficient (Wildman–Crippen LogP) is -1.88. The molecule has 43 heavy (non-hydrogen) atoms. The maximum absolute atomic E-state index is 13.4. The van der Waals surface area contributed by atoms with E-state index in [0.717, 1.165) is 21.5 Å². The van der Waals surface area contributed by atoms with Crippen molar-refractivity contribution in [1.29, 1.82) is 0 Å². The first-order chi connectivity index (χ1) is 20.1. The molecule has 4 rings (SSSR count). The molecular weight excluding hydrogens is 576 g/mol. The Morgan fingerprint density at radius 1 is 0.628 bits per heavy atom. The van der Waals surface area contributed by atoms with Gasteiger partial charge in [0.2, 0.25) is 0 Å². The second-order valence-corrected chi connectivity index (χ2v) is 9.35. The third kappa shape index (κ3) is 5.32. The van der Waals surface area contributed by atoms with Crippen molar-refractivity contribution in [1.82, 2.24) is 28.7 Å². The lowest BCUT2D eigenvalue weighted by molar-refractivity contribution is -0.138. The summed E-state index contributed by atoms with van der Waals surface area (Å²) in [5.41, 5.74) is -3.12. The molecule has 0 aliphatic heterocycles. The zero-order valence-electron chi connectivity index (χ0n) is 22.3. The molecule has 0 saturated carbocycles. The molecule has 18 heteroatoms. The number of rotatable bonds is 10. The van der Waals surface area contributed by atoms with Gasteiger partial charge in [0.05, 0.1) is 34.7 Å². The summed E-state index contributed by atoms with van der Waals surface area (Å²) in [5.74, 6) is -5.79. The van der Waals surface area contributed by atoms with Crippen LogP contribution in [0.1, 0.15) is 22.3 Å². The minimum Gasteiger partial charge on any atom is -0.481 e. The first-order valence-electron chi connectivity index (χ1n) is 12.1. The number of hydrogen-bond acceptors (Lipinski definition) is 8. The Morgan fingerprint density at radius 3 is 1.28 bits per heavy atom. The van der Waals surface area contributed by atoms with Crippen LogP contribution < -0.4 is 22.2 Å². The van der Waals surface area contributed by atoms with Crippen molar-refractivity contribution in [2.75, 3.05) is 0 Å². The fraction of sp³-hybridized carbons (Fsp3) is 0.240. The van der Waals surface area contributed by atoms with E-state index in [1.54, 1.807) is 0 Å². The van der Waals surface area contributed by atoms with Crippen LogP contribution >= 0.6 is 0 Å². The van der Waals surface area contributed by atoms with Gasteiger partial charge in [0.1, 0.15) is 24.4 Å². The van der Waals surface area contributed by atoms with Crippen LogP contribution in [0, 0.1) is 0 Å². The summed E-state index contributed by atoms with van der Waals surface area (Å²) >= 11 is 0. The van der Waals surface area contributed by atoms with E-state index in [-0.39, 0.29) is 33.2 Å². The van der Waals surface area contributed by atoms with Crippen LogP contribution in [0.4, 0.5) is 0 Å². The highest BCUT2D eigenvalue weighted by atomic mass is 16.4. The fourth-order valence-corrected chi connectivity index (χ4v) is 4.77. The minimum atomic E-state index is -1.46. The molecule has 0 aromatic carbocycles. The van der Waals surface area contributed by atoms with Gasteiger partial charge in [-0.05, 0) is 23.3 Å². The molecule has 4 aromatic rings. The number of pyridine rings is 2. The van der Waals surface area contributed by atoms with Crippen LogP contribution in [0.3, 0.4) is 0 Å². The Morgan fingerprint density at radius 2 is 0.977 bits per heavy atom. The average Bonchev–Trinajstić information content (AvgIpc) is 3.36. The second-order valence-electron chi connectivity index (χ2n) is 9.35. The standard InChI is InChI=1S/C25H22N6O12/c1-28-24(42)18-12(6-14(32)33)10(22(40)30(8-16(36)37)20(18)26-28)4-3-5-11-13(7-15(34)35)19-21(27-29(2)25(19)43)31(23(11)41)9-17(38)39/h4-5,26-27H,6-9H2,1-2H3,(H,32,33)(H,34,35)(H,36,37)(H,38,39). The monoisotopic (exact) mass is 598 g/mol.